The number of methoxy groups -OCH3 is 1. The number of hydrogen-bond donors (Lipinski definition) is 2. The third kappa shape index (κ3) is 3.48. The van der Waals surface area contributed by atoms with Gasteiger partial charge >= 0.3 is 0 Å². The van der Waals surface area contributed by atoms with Crippen LogP contribution in [-0.2, 0) is 0 Å². The van der Waals surface area contributed by atoms with Gasteiger partial charge in [-0.2, -0.15) is 0 Å². The van der Waals surface area contributed by atoms with Crippen molar-refractivity contribution in [2.45, 2.75) is 13.0 Å². The van der Waals surface area contributed by atoms with Crippen LogP contribution in [0.4, 0.5) is 5.69 Å². The molecule has 0 aliphatic rings. The van der Waals surface area contributed by atoms with Crippen molar-refractivity contribution in [3.8, 4) is 5.75 Å². The highest BCUT2D eigenvalue weighted by Crippen LogP contribution is 2.24. The number of nitrogens with one attached hydrogen (secondary N) is 1. The smallest absolute Gasteiger partial charge is 0.124 e. The summed E-state index contributed by atoms with van der Waals surface area (Å²) in [6, 6.07) is 15.6. The van der Waals surface area contributed by atoms with Crippen molar-refractivity contribution in [2.24, 2.45) is 0 Å². The standard InChI is InChI=1S/C16H19NO2/c1-12-7-9-13(10-8-12)17-11-15(18)14-5-3-4-6-16(14)19-2/h3-10,15,17-18H,11H2,1-2H3. The predicted molar refractivity (Wildman–Crippen MR) is 77.6 cm³/mol. The number of para-hydroxylation sites is 1. The maximum atomic E-state index is 10.2. The summed E-state index contributed by atoms with van der Waals surface area (Å²) < 4.78 is 5.25. The van der Waals surface area contributed by atoms with E-state index in [4.69, 9.17) is 4.74 Å². The lowest BCUT2D eigenvalue weighted by molar-refractivity contribution is 0.187. The zero-order valence-corrected chi connectivity index (χ0v) is 11.3. The van der Waals surface area contributed by atoms with Crippen molar-refractivity contribution in [1.82, 2.24) is 0 Å². The van der Waals surface area contributed by atoms with Gasteiger partial charge in [0, 0.05) is 17.8 Å². The summed E-state index contributed by atoms with van der Waals surface area (Å²) >= 11 is 0. The molecule has 0 radical (unpaired) electrons. The first-order valence-electron chi connectivity index (χ1n) is 6.32. The molecule has 2 rings (SSSR count). The second-order valence-corrected chi connectivity index (χ2v) is 4.50. The molecule has 0 aliphatic carbocycles. The Kier molecular flexibility index (Phi) is 4.42. The zero-order valence-electron chi connectivity index (χ0n) is 11.3. The Labute approximate surface area is 113 Å². The minimum atomic E-state index is -0.600. The fourth-order valence-corrected chi connectivity index (χ4v) is 1.94. The Morgan fingerprint density at radius 1 is 1.11 bits per heavy atom. The van der Waals surface area contributed by atoms with Crippen LogP contribution >= 0.6 is 0 Å². The van der Waals surface area contributed by atoms with Crippen molar-refractivity contribution in [2.75, 3.05) is 19.0 Å². The van der Waals surface area contributed by atoms with E-state index in [0.29, 0.717) is 12.3 Å². The summed E-state index contributed by atoms with van der Waals surface area (Å²) in [5, 5.41) is 13.4. The molecule has 0 aliphatic heterocycles. The predicted octanol–water partition coefficient (Wildman–Crippen LogP) is 3.15. The summed E-state index contributed by atoms with van der Waals surface area (Å²) in [4.78, 5) is 0. The van der Waals surface area contributed by atoms with Gasteiger partial charge < -0.3 is 15.2 Å². The average Bonchev–Trinajstić information content (AvgIpc) is 2.46. The van der Waals surface area contributed by atoms with Crippen LogP contribution in [0, 0.1) is 6.92 Å². The first kappa shape index (κ1) is 13.4. The minimum Gasteiger partial charge on any atom is -0.496 e. The van der Waals surface area contributed by atoms with Crippen molar-refractivity contribution >= 4 is 5.69 Å². The highest BCUT2D eigenvalue weighted by atomic mass is 16.5. The van der Waals surface area contributed by atoms with E-state index < -0.39 is 6.10 Å². The molecule has 0 spiro atoms. The summed E-state index contributed by atoms with van der Waals surface area (Å²) in [7, 11) is 1.61. The van der Waals surface area contributed by atoms with Crippen LogP contribution in [0.3, 0.4) is 0 Å². The molecule has 100 valence electrons. The molecule has 2 aromatic rings. The van der Waals surface area contributed by atoms with Gasteiger partial charge in [0.2, 0.25) is 0 Å². The number of ether oxygens (including phenoxy) is 1. The first-order chi connectivity index (χ1) is 9.20. The Bertz CT molecular complexity index is 523. The Morgan fingerprint density at radius 3 is 2.47 bits per heavy atom. The summed E-state index contributed by atoms with van der Waals surface area (Å²) in [6.45, 7) is 2.50. The van der Waals surface area contributed by atoms with Crippen molar-refractivity contribution < 1.29 is 9.84 Å². The largest absolute Gasteiger partial charge is 0.496 e. The molecule has 0 heterocycles. The van der Waals surface area contributed by atoms with Crippen molar-refractivity contribution in [1.29, 1.82) is 0 Å². The van der Waals surface area contributed by atoms with Gasteiger partial charge in [-0.05, 0) is 25.1 Å². The molecular formula is C16H19NO2. The molecule has 0 saturated heterocycles. The minimum absolute atomic E-state index is 0.448. The highest BCUT2D eigenvalue weighted by Gasteiger charge is 2.12. The molecule has 1 atom stereocenters. The van der Waals surface area contributed by atoms with E-state index in [9.17, 15) is 5.11 Å². The Balaban J connectivity index is 2.01. The molecular weight excluding hydrogens is 238 g/mol. The van der Waals surface area contributed by atoms with Crippen LogP contribution in [0.25, 0.3) is 0 Å². The van der Waals surface area contributed by atoms with E-state index in [0.717, 1.165) is 11.3 Å². The Morgan fingerprint density at radius 2 is 1.79 bits per heavy atom. The van der Waals surface area contributed by atoms with Crippen molar-refractivity contribution in [3.05, 3.63) is 59.7 Å². The molecule has 2 N–H and O–H groups in total. The molecule has 3 nitrogen and oxygen atoms in total. The Hall–Kier alpha value is -2.00. The maximum absolute atomic E-state index is 10.2. The molecule has 3 heteroatoms. The van der Waals surface area contributed by atoms with Gasteiger partial charge in [0.1, 0.15) is 5.75 Å². The van der Waals surface area contributed by atoms with E-state index in [1.165, 1.54) is 5.56 Å². The maximum Gasteiger partial charge on any atom is 0.124 e. The van der Waals surface area contributed by atoms with Crippen LogP contribution < -0.4 is 10.1 Å². The number of anilines is 1. The fraction of sp³-hybridized carbons (Fsp3) is 0.250. The molecule has 0 fully saturated rings. The van der Waals surface area contributed by atoms with Gasteiger partial charge in [-0.1, -0.05) is 35.9 Å². The molecule has 0 saturated carbocycles. The third-order valence-electron chi connectivity index (χ3n) is 3.05. The number of aryl methyl sites for hydroxylation is 1. The number of rotatable bonds is 5. The van der Waals surface area contributed by atoms with E-state index >= 15 is 0 Å². The van der Waals surface area contributed by atoms with E-state index in [2.05, 4.69) is 5.32 Å². The summed E-state index contributed by atoms with van der Waals surface area (Å²) in [5.74, 6) is 0.709. The van der Waals surface area contributed by atoms with E-state index in [1.807, 2.05) is 55.5 Å². The average molecular weight is 257 g/mol. The quantitative estimate of drug-likeness (QED) is 0.864. The number of benzene rings is 2. The van der Waals surface area contributed by atoms with Gasteiger partial charge in [0.05, 0.1) is 13.2 Å². The molecule has 19 heavy (non-hydrogen) atoms. The van der Waals surface area contributed by atoms with Crippen LogP contribution in [0.5, 0.6) is 5.75 Å². The number of hydrogen-bond acceptors (Lipinski definition) is 3. The lowest BCUT2D eigenvalue weighted by Gasteiger charge is -2.16. The molecule has 0 amide bonds. The number of aliphatic hydroxyl groups is 1. The molecule has 2 aromatic carbocycles. The first-order valence-corrected chi connectivity index (χ1v) is 6.32. The van der Waals surface area contributed by atoms with Gasteiger partial charge in [0.25, 0.3) is 0 Å². The molecule has 0 bridgehead atoms. The van der Waals surface area contributed by atoms with Crippen LogP contribution in [0.15, 0.2) is 48.5 Å². The van der Waals surface area contributed by atoms with Crippen molar-refractivity contribution in [3.63, 3.8) is 0 Å². The van der Waals surface area contributed by atoms with Gasteiger partial charge in [-0.25, -0.2) is 0 Å². The lowest BCUT2D eigenvalue weighted by Crippen LogP contribution is -2.13. The molecule has 0 aromatic heterocycles. The lowest BCUT2D eigenvalue weighted by atomic mass is 10.1. The van der Waals surface area contributed by atoms with Crippen LogP contribution in [0.1, 0.15) is 17.2 Å². The summed E-state index contributed by atoms with van der Waals surface area (Å²) in [6.07, 6.45) is -0.600. The molecule has 1 unspecified atom stereocenters. The highest BCUT2D eigenvalue weighted by molar-refractivity contribution is 5.45. The third-order valence-corrected chi connectivity index (χ3v) is 3.05. The van der Waals surface area contributed by atoms with E-state index in [-0.39, 0.29) is 0 Å². The topological polar surface area (TPSA) is 41.5 Å². The zero-order chi connectivity index (χ0) is 13.7. The second kappa shape index (κ2) is 6.25. The van der Waals surface area contributed by atoms with Crippen LogP contribution in [-0.4, -0.2) is 18.8 Å². The normalized spacial score (nSPS) is 11.9. The second-order valence-electron chi connectivity index (χ2n) is 4.50. The number of aliphatic hydroxyl groups excluding tert-OH is 1. The van der Waals surface area contributed by atoms with E-state index in [1.54, 1.807) is 7.11 Å². The SMILES string of the molecule is COc1ccccc1C(O)CNc1ccc(C)cc1. The van der Waals surface area contributed by atoms with Gasteiger partial charge in [-0.3, -0.25) is 0 Å². The van der Waals surface area contributed by atoms with Gasteiger partial charge in [0.15, 0.2) is 0 Å². The fourth-order valence-electron chi connectivity index (χ4n) is 1.94. The monoisotopic (exact) mass is 257 g/mol. The summed E-state index contributed by atoms with van der Waals surface area (Å²) in [5.41, 5.74) is 3.01. The van der Waals surface area contributed by atoms with Gasteiger partial charge in [-0.15, -0.1) is 0 Å². The van der Waals surface area contributed by atoms with Crippen LogP contribution in [0.2, 0.25) is 0 Å².